The number of H-pyrrole nitrogens is 1. The van der Waals surface area contributed by atoms with Crippen LogP contribution in [-0.2, 0) is 79.3 Å². The molecule has 1 aliphatic carbocycles. The summed E-state index contributed by atoms with van der Waals surface area (Å²) in [4.78, 5) is 108. The van der Waals surface area contributed by atoms with Gasteiger partial charge in [0.1, 0.15) is 30.0 Å². The van der Waals surface area contributed by atoms with Gasteiger partial charge in [0.15, 0.2) is 6.10 Å². The molecule has 0 radical (unpaired) electrons. The van der Waals surface area contributed by atoms with E-state index in [1.54, 1.807) is 0 Å². The van der Waals surface area contributed by atoms with E-state index < -0.39 is 101 Å². The Balaban J connectivity index is 1.17. The number of hydrogen-bond acceptors (Lipinski definition) is 18. The molecule has 6 aliphatic rings. The number of fused-ring (bicyclic) bond motifs is 4. The number of hydrogen-bond donors (Lipinski definition) is 2. The monoisotopic (exact) mass is 1030 g/mol. The Bertz CT molecular complexity index is 2800. The summed E-state index contributed by atoms with van der Waals surface area (Å²) in [6.45, 7) is 5.75. The van der Waals surface area contributed by atoms with Gasteiger partial charge in [0, 0.05) is 97.2 Å². The lowest BCUT2D eigenvalue weighted by atomic mass is 9.47. The average molecular weight is 1030 g/mol. The van der Waals surface area contributed by atoms with Crippen LogP contribution in [0.2, 0.25) is 0 Å². The Morgan fingerprint density at radius 1 is 0.838 bits per heavy atom. The van der Waals surface area contributed by atoms with Gasteiger partial charge in [-0.15, -0.1) is 5.06 Å². The minimum absolute atomic E-state index is 0.0726. The van der Waals surface area contributed by atoms with Gasteiger partial charge in [0.25, 0.3) is 11.8 Å². The predicted octanol–water partition coefficient (Wildman–Crippen LogP) is 3.56. The van der Waals surface area contributed by atoms with Crippen molar-refractivity contribution in [1.82, 2.24) is 19.8 Å². The molecule has 1 spiro atoms. The predicted molar refractivity (Wildman–Crippen MR) is 264 cm³/mol. The van der Waals surface area contributed by atoms with Crippen molar-refractivity contribution in [2.24, 2.45) is 5.41 Å². The fourth-order valence-electron chi connectivity index (χ4n) is 14.1. The number of aliphatic hydroxyl groups is 1. The molecule has 0 bridgehead atoms. The number of para-hydroxylation sites is 1. The summed E-state index contributed by atoms with van der Waals surface area (Å²) in [7, 11) is 7.85. The van der Waals surface area contributed by atoms with E-state index in [9.17, 15) is 33.9 Å². The quantitative estimate of drug-likeness (QED) is 0.108. The molecule has 3 aromatic rings. The van der Waals surface area contributed by atoms with Crippen molar-refractivity contribution in [2.75, 3.05) is 79.7 Å². The first-order chi connectivity index (χ1) is 35.4. The number of aromatic amines is 1. The summed E-state index contributed by atoms with van der Waals surface area (Å²) < 4.78 is 35.7. The van der Waals surface area contributed by atoms with Gasteiger partial charge in [-0.3, -0.25) is 24.1 Å². The number of amides is 2. The number of likely N-dealkylation sites (N-methyl/N-ethyl adjacent to an activating group) is 2. The number of esters is 4. The molecule has 6 unspecified atom stereocenters. The highest BCUT2D eigenvalue weighted by molar-refractivity contribution is 6.01. The highest BCUT2D eigenvalue weighted by Crippen LogP contribution is 2.68. The third-order valence-electron chi connectivity index (χ3n) is 17.1. The number of rotatable bonds is 13. The van der Waals surface area contributed by atoms with Crippen LogP contribution in [0, 0.1) is 5.41 Å². The van der Waals surface area contributed by atoms with E-state index in [1.165, 1.54) is 28.3 Å². The Morgan fingerprint density at radius 3 is 2.23 bits per heavy atom. The van der Waals surface area contributed by atoms with Crippen LogP contribution in [0.3, 0.4) is 0 Å². The van der Waals surface area contributed by atoms with Crippen LogP contribution >= 0.6 is 0 Å². The highest BCUT2D eigenvalue weighted by atomic mass is 16.7. The maximum absolute atomic E-state index is 15.6. The van der Waals surface area contributed by atoms with Gasteiger partial charge >= 0.3 is 29.8 Å². The van der Waals surface area contributed by atoms with Gasteiger partial charge in [0.05, 0.1) is 27.4 Å². The molecule has 8 atom stereocenters. The van der Waals surface area contributed by atoms with Crippen LogP contribution in [-0.4, -0.2) is 171 Å². The topological polar surface area (TPSA) is 233 Å². The van der Waals surface area contributed by atoms with Crippen molar-refractivity contribution < 1.29 is 71.9 Å². The van der Waals surface area contributed by atoms with Crippen molar-refractivity contribution >= 4 is 58.3 Å². The van der Waals surface area contributed by atoms with Crippen LogP contribution in [0.25, 0.3) is 10.9 Å². The standard InChI is InChI=1S/C54H67N5O15/c1-9-50(73-42(63)29-71-30-43(64)74-59-40(61)17-18-41(59)62)20-13-22-52(48(65)69-7,44-34(19-25-56(4)31-50)33-15-11-12-16-37(33)55-44)36-27-35-38(28-39(36)68-6)57(5)46-53(35)23-26-58-24-14-21-51(10-2,45(53)58)47(72-32(3)60)54(46,67)49(66)70-8/h11-12,14-16,21,27-28,45-47,55,67H,9-10,13,17-20,22-26,29-31H2,1-8H3/t45?,46?,47?,50?,51-,52?,53?,54+/m1/s1. The number of methoxy groups -OCH3 is 3. The van der Waals surface area contributed by atoms with Gasteiger partial charge < -0.3 is 53.1 Å². The first-order valence-corrected chi connectivity index (χ1v) is 25.4. The van der Waals surface area contributed by atoms with Crippen molar-refractivity contribution in [2.45, 2.75) is 119 Å². The van der Waals surface area contributed by atoms with Gasteiger partial charge in [0.2, 0.25) is 5.60 Å². The Kier molecular flexibility index (Phi) is 14.0. The molecule has 398 valence electrons. The lowest BCUT2D eigenvalue weighted by Crippen LogP contribution is -2.81. The number of nitrogens with zero attached hydrogens (tertiary/aromatic N) is 4. The molecule has 2 aromatic carbocycles. The van der Waals surface area contributed by atoms with E-state index in [-0.39, 0.29) is 25.7 Å². The number of carbonyl (C=O) groups excluding carboxylic acids is 7. The minimum atomic E-state index is -2.39. The molecule has 20 nitrogen and oxygen atoms in total. The maximum atomic E-state index is 15.6. The molecule has 1 aromatic heterocycles. The number of ether oxygens (including phenoxy) is 6. The number of benzene rings is 2. The molecule has 6 heterocycles. The summed E-state index contributed by atoms with van der Waals surface area (Å²) in [5.74, 6) is -4.90. The molecular formula is C54H67N5O15. The van der Waals surface area contributed by atoms with E-state index in [1.807, 2.05) is 81.4 Å². The molecule has 5 aliphatic heterocycles. The first-order valence-electron chi connectivity index (χ1n) is 25.4. The molecule has 2 N–H and O–H groups in total. The fraction of sp³-hybridized carbons (Fsp3) is 0.574. The largest absolute Gasteiger partial charge is 0.496 e. The second kappa shape index (κ2) is 19.7. The van der Waals surface area contributed by atoms with Crippen LogP contribution in [0.4, 0.5) is 5.69 Å². The second-order valence-corrected chi connectivity index (χ2v) is 20.8. The Labute approximate surface area is 429 Å². The third kappa shape index (κ3) is 7.96. The van der Waals surface area contributed by atoms with Gasteiger partial charge in [-0.2, -0.15) is 0 Å². The van der Waals surface area contributed by atoms with Crippen molar-refractivity contribution in [3.8, 4) is 5.75 Å². The van der Waals surface area contributed by atoms with E-state index in [0.717, 1.165) is 22.0 Å². The number of nitrogens with one attached hydrogen (secondary N) is 1. The normalized spacial score (nSPS) is 30.7. The van der Waals surface area contributed by atoms with Crippen LogP contribution in [0.1, 0.15) is 94.5 Å². The zero-order valence-corrected chi connectivity index (χ0v) is 43.4. The smallest absolute Gasteiger partial charge is 0.358 e. The van der Waals surface area contributed by atoms with Gasteiger partial charge in [-0.1, -0.05) is 44.2 Å². The third-order valence-corrected chi connectivity index (χ3v) is 17.1. The minimum Gasteiger partial charge on any atom is -0.496 e. The number of aromatic nitrogens is 1. The molecule has 2 amide bonds. The van der Waals surface area contributed by atoms with Gasteiger partial charge in [-0.05, 0) is 81.8 Å². The molecule has 1 saturated carbocycles. The van der Waals surface area contributed by atoms with Crippen LogP contribution < -0.4 is 9.64 Å². The first kappa shape index (κ1) is 52.5. The highest BCUT2D eigenvalue weighted by Gasteiger charge is 2.80. The molecule has 3 fully saturated rings. The number of imide groups is 1. The Hall–Kier alpha value is -6.35. The number of hydroxylamine groups is 2. The summed E-state index contributed by atoms with van der Waals surface area (Å²) in [6.07, 6.45) is 4.91. The van der Waals surface area contributed by atoms with E-state index >= 15 is 4.79 Å². The van der Waals surface area contributed by atoms with Gasteiger partial charge in [-0.25, -0.2) is 14.4 Å². The SMILES string of the molecule is CCC1(OC(=O)COCC(=O)ON2C(=O)CCC2=O)CCCC(C(=O)OC)(c2cc3c(cc2OC)N(C)C2C34CCN3CC=C[C@](CC)(C34)C(OC(C)=O)[C@]2(O)C(=O)OC)c2[nH]c3ccccc3c2CCN(C)C1. The van der Waals surface area contributed by atoms with Crippen LogP contribution in [0.5, 0.6) is 5.75 Å². The molecule has 74 heavy (non-hydrogen) atoms. The van der Waals surface area contributed by atoms with Crippen molar-refractivity contribution in [3.05, 3.63) is 70.9 Å². The zero-order chi connectivity index (χ0) is 53.1. The van der Waals surface area contributed by atoms with E-state index in [4.69, 9.17) is 33.3 Å². The molecule has 20 heteroatoms. The average Bonchev–Trinajstić information content (AvgIpc) is 4.12. The summed E-state index contributed by atoms with van der Waals surface area (Å²) >= 11 is 0. The molecule has 2 saturated heterocycles. The summed E-state index contributed by atoms with van der Waals surface area (Å²) in [5, 5.41) is 14.8. The zero-order valence-electron chi connectivity index (χ0n) is 43.4. The molecule has 9 rings (SSSR count). The summed E-state index contributed by atoms with van der Waals surface area (Å²) in [5.41, 5.74) is -3.00. The molecular weight excluding hydrogens is 959 g/mol. The lowest BCUT2D eigenvalue weighted by molar-refractivity contribution is -0.228. The Morgan fingerprint density at radius 2 is 1.55 bits per heavy atom. The van der Waals surface area contributed by atoms with Crippen molar-refractivity contribution in [3.63, 3.8) is 0 Å². The lowest BCUT2D eigenvalue weighted by Gasteiger charge is -2.63. The fourth-order valence-corrected chi connectivity index (χ4v) is 14.1. The maximum Gasteiger partial charge on any atom is 0.358 e. The number of anilines is 1. The van der Waals surface area contributed by atoms with E-state index in [0.29, 0.717) is 86.0 Å². The number of carbonyl (C=O) groups is 7. The van der Waals surface area contributed by atoms with E-state index in [2.05, 4.69) is 14.8 Å². The second-order valence-electron chi connectivity index (χ2n) is 20.8. The van der Waals surface area contributed by atoms with Crippen molar-refractivity contribution in [1.29, 1.82) is 0 Å². The summed E-state index contributed by atoms with van der Waals surface area (Å²) in [6, 6.07) is 10.3. The van der Waals surface area contributed by atoms with Crippen LogP contribution in [0.15, 0.2) is 48.6 Å².